The molecule has 0 radical (unpaired) electrons. The maximum Gasteiger partial charge on any atom is 0.219 e. The predicted molar refractivity (Wildman–Crippen MR) is 98.5 cm³/mol. The lowest BCUT2D eigenvalue weighted by Crippen LogP contribution is -2.47. The van der Waals surface area contributed by atoms with Gasteiger partial charge in [0.05, 0.1) is 30.4 Å². The third-order valence-corrected chi connectivity index (χ3v) is 7.14. The molecule has 5 heteroatoms. The van der Waals surface area contributed by atoms with Gasteiger partial charge in [0.15, 0.2) is 0 Å². The Morgan fingerprint density at radius 1 is 1.23 bits per heavy atom. The molecule has 5 nitrogen and oxygen atoms in total. The molecule has 0 unspecified atom stereocenters. The van der Waals surface area contributed by atoms with Gasteiger partial charge in [0, 0.05) is 36.9 Å². The van der Waals surface area contributed by atoms with Crippen LogP contribution in [0.4, 0.5) is 0 Å². The van der Waals surface area contributed by atoms with E-state index in [4.69, 9.17) is 0 Å². The molecule has 1 aromatic carbocycles. The van der Waals surface area contributed by atoms with Crippen molar-refractivity contribution in [2.45, 2.75) is 44.8 Å². The third kappa shape index (κ3) is 2.13. The standard InChI is InChI=1S/C21H25N3O2/c1-14(25)23-10-8-21(9-11-23)7-6-17(20(21)26)19-16-5-3-2-4-15(16)18-12-22-13-24(18)19/h2-5,12-13,17,19-20,26H,6-11H2,1H3/t17-,19+,20+/m1/s1. The highest BCUT2D eigenvalue weighted by Gasteiger charge is 2.53. The Kier molecular flexibility index (Phi) is 3.51. The molecule has 1 amide bonds. The van der Waals surface area contributed by atoms with Crippen LogP contribution in [0.15, 0.2) is 36.8 Å². The summed E-state index contributed by atoms with van der Waals surface area (Å²) in [5, 5.41) is 11.4. The topological polar surface area (TPSA) is 58.4 Å². The quantitative estimate of drug-likeness (QED) is 0.859. The molecule has 2 fully saturated rings. The van der Waals surface area contributed by atoms with Crippen molar-refractivity contribution in [2.24, 2.45) is 11.3 Å². The van der Waals surface area contributed by atoms with Gasteiger partial charge in [-0.3, -0.25) is 4.79 Å². The van der Waals surface area contributed by atoms with Crippen molar-refractivity contribution in [3.05, 3.63) is 42.4 Å². The second-order valence-electron chi connectivity index (χ2n) is 8.23. The number of imidazole rings is 1. The van der Waals surface area contributed by atoms with Crippen molar-refractivity contribution in [3.63, 3.8) is 0 Å². The van der Waals surface area contributed by atoms with Crippen LogP contribution in [-0.2, 0) is 4.79 Å². The van der Waals surface area contributed by atoms with E-state index >= 15 is 0 Å². The minimum atomic E-state index is -0.331. The second kappa shape index (κ2) is 5.68. The first-order valence-electron chi connectivity index (χ1n) is 9.65. The number of piperidine rings is 1. The fourth-order valence-corrected chi connectivity index (χ4v) is 5.67. The average Bonchev–Trinajstić information content (AvgIpc) is 3.31. The molecule has 1 aromatic heterocycles. The van der Waals surface area contributed by atoms with Gasteiger partial charge >= 0.3 is 0 Å². The zero-order valence-corrected chi connectivity index (χ0v) is 15.1. The highest BCUT2D eigenvalue weighted by Crippen LogP contribution is 2.55. The molecule has 3 heterocycles. The van der Waals surface area contributed by atoms with Crippen LogP contribution in [0.2, 0.25) is 0 Å². The Morgan fingerprint density at radius 3 is 2.77 bits per heavy atom. The molecular formula is C21H25N3O2. The van der Waals surface area contributed by atoms with E-state index < -0.39 is 0 Å². The number of benzene rings is 1. The molecule has 1 saturated carbocycles. The zero-order chi connectivity index (χ0) is 17.9. The number of hydrogen-bond donors (Lipinski definition) is 1. The molecule has 3 aliphatic rings. The molecule has 5 rings (SSSR count). The van der Waals surface area contributed by atoms with Gasteiger partial charge in [0.25, 0.3) is 0 Å². The van der Waals surface area contributed by atoms with Gasteiger partial charge in [-0.2, -0.15) is 0 Å². The van der Waals surface area contributed by atoms with Crippen LogP contribution in [0, 0.1) is 11.3 Å². The summed E-state index contributed by atoms with van der Waals surface area (Å²) in [4.78, 5) is 17.9. The number of aliphatic hydroxyl groups excluding tert-OH is 1. The van der Waals surface area contributed by atoms with Crippen molar-refractivity contribution in [2.75, 3.05) is 13.1 Å². The molecular weight excluding hydrogens is 326 g/mol. The first-order chi connectivity index (χ1) is 12.6. The second-order valence-corrected chi connectivity index (χ2v) is 8.23. The van der Waals surface area contributed by atoms with Gasteiger partial charge in [0.1, 0.15) is 0 Å². The number of likely N-dealkylation sites (tertiary alicyclic amines) is 1. The largest absolute Gasteiger partial charge is 0.392 e. The summed E-state index contributed by atoms with van der Waals surface area (Å²) in [6.07, 6.45) is 7.41. The minimum absolute atomic E-state index is 0.0328. The van der Waals surface area contributed by atoms with E-state index in [0.29, 0.717) is 0 Å². The normalized spacial score (nSPS) is 29.0. The monoisotopic (exact) mass is 351 g/mol. The van der Waals surface area contributed by atoms with Crippen molar-refractivity contribution in [1.82, 2.24) is 14.5 Å². The number of nitrogens with zero attached hydrogens (tertiary/aromatic N) is 3. The number of hydrogen-bond acceptors (Lipinski definition) is 3. The summed E-state index contributed by atoms with van der Waals surface area (Å²) in [5.41, 5.74) is 3.68. The number of aromatic nitrogens is 2. The van der Waals surface area contributed by atoms with Crippen LogP contribution in [0.1, 0.15) is 44.2 Å². The zero-order valence-electron chi connectivity index (χ0n) is 15.1. The van der Waals surface area contributed by atoms with Crippen molar-refractivity contribution < 1.29 is 9.90 Å². The van der Waals surface area contributed by atoms with E-state index in [-0.39, 0.29) is 29.4 Å². The SMILES string of the molecule is CC(=O)N1CCC2(CC[C@H]([C@@H]3c4ccccc4-c4cncn43)[C@@H]2O)CC1. The molecule has 2 aromatic rings. The van der Waals surface area contributed by atoms with Crippen LogP contribution in [-0.4, -0.2) is 44.7 Å². The fourth-order valence-electron chi connectivity index (χ4n) is 5.67. The van der Waals surface area contributed by atoms with Crippen LogP contribution in [0.3, 0.4) is 0 Å². The Labute approximate surface area is 153 Å². The van der Waals surface area contributed by atoms with E-state index in [2.05, 4.69) is 33.8 Å². The highest BCUT2D eigenvalue weighted by atomic mass is 16.3. The fraction of sp³-hybridized carbons (Fsp3) is 0.524. The number of fused-ring (bicyclic) bond motifs is 3. The Hall–Kier alpha value is -2.14. The van der Waals surface area contributed by atoms with Crippen molar-refractivity contribution in [3.8, 4) is 11.3 Å². The van der Waals surface area contributed by atoms with Crippen LogP contribution in [0.25, 0.3) is 11.3 Å². The van der Waals surface area contributed by atoms with Crippen LogP contribution < -0.4 is 0 Å². The summed E-state index contributed by atoms with van der Waals surface area (Å²) in [5.74, 6) is 0.354. The van der Waals surface area contributed by atoms with Gasteiger partial charge in [-0.05, 0) is 31.2 Å². The summed E-state index contributed by atoms with van der Waals surface area (Å²) in [6.45, 7) is 3.19. The number of amides is 1. The number of aliphatic hydroxyl groups is 1. The van der Waals surface area contributed by atoms with Gasteiger partial charge in [-0.15, -0.1) is 0 Å². The lowest BCUT2D eigenvalue weighted by molar-refractivity contribution is -0.132. The molecule has 0 bridgehead atoms. The molecule has 1 saturated heterocycles. The maximum absolute atomic E-state index is 11.7. The van der Waals surface area contributed by atoms with Gasteiger partial charge in [0.2, 0.25) is 5.91 Å². The van der Waals surface area contributed by atoms with E-state index in [1.54, 1.807) is 6.92 Å². The molecule has 136 valence electrons. The highest BCUT2D eigenvalue weighted by molar-refractivity contribution is 5.73. The smallest absolute Gasteiger partial charge is 0.219 e. The maximum atomic E-state index is 11.7. The van der Waals surface area contributed by atoms with Crippen LogP contribution >= 0.6 is 0 Å². The van der Waals surface area contributed by atoms with Crippen molar-refractivity contribution in [1.29, 1.82) is 0 Å². The lowest BCUT2D eigenvalue weighted by atomic mass is 9.73. The molecule has 26 heavy (non-hydrogen) atoms. The van der Waals surface area contributed by atoms with E-state index in [1.165, 1.54) is 11.1 Å². The number of rotatable bonds is 1. The Bertz CT molecular complexity index is 850. The Balaban J connectivity index is 1.45. The Morgan fingerprint density at radius 2 is 2.00 bits per heavy atom. The first kappa shape index (κ1) is 16.1. The summed E-state index contributed by atoms with van der Waals surface area (Å²) >= 11 is 0. The summed E-state index contributed by atoms with van der Waals surface area (Å²) in [6, 6.07) is 8.69. The van der Waals surface area contributed by atoms with Gasteiger partial charge in [-0.25, -0.2) is 4.98 Å². The molecule has 3 atom stereocenters. The van der Waals surface area contributed by atoms with E-state index in [0.717, 1.165) is 44.5 Å². The third-order valence-electron chi connectivity index (χ3n) is 7.14. The van der Waals surface area contributed by atoms with Gasteiger partial charge in [-0.1, -0.05) is 24.3 Å². The van der Waals surface area contributed by atoms with Gasteiger partial charge < -0.3 is 14.6 Å². The minimum Gasteiger partial charge on any atom is -0.392 e. The lowest BCUT2D eigenvalue weighted by Gasteiger charge is -2.42. The summed E-state index contributed by atoms with van der Waals surface area (Å²) in [7, 11) is 0. The summed E-state index contributed by atoms with van der Waals surface area (Å²) < 4.78 is 2.25. The van der Waals surface area contributed by atoms with E-state index in [1.807, 2.05) is 17.4 Å². The molecule has 1 spiro atoms. The number of carbonyl (C=O) groups is 1. The van der Waals surface area contributed by atoms with Crippen molar-refractivity contribution >= 4 is 5.91 Å². The molecule has 1 N–H and O–H groups in total. The molecule has 2 aliphatic heterocycles. The van der Waals surface area contributed by atoms with Crippen LogP contribution in [0.5, 0.6) is 0 Å². The van der Waals surface area contributed by atoms with E-state index in [9.17, 15) is 9.90 Å². The molecule has 1 aliphatic carbocycles. The predicted octanol–water partition coefficient (Wildman–Crippen LogP) is 2.85. The number of carbonyl (C=O) groups excluding carboxylic acids is 1. The first-order valence-corrected chi connectivity index (χ1v) is 9.65. The average molecular weight is 351 g/mol.